The van der Waals surface area contributed by atoms with Gasteiger partial charge in [-0.2, -0.15) is 0 Å². The van der Waals surface area contributed by atoms with Gasteiger partial charge in [0.2, 0.25) is 29.5 Å². The van der Waals surface area contributed by atoms with Crippen LogP contribution in [0.25, 0.3) is 0 Å². The Bertz CT molecular complexity index is 1040. The number of nitrogens with two attached hydrogens (primary N) is 2. The molecule has 0 aliphatic carbocycles. The number of hydrogen-bond acceptors (Lipinski definition) is 6. The van der Waals surface area contributed by atoms with E-state index >= 15 is 0 Å². The molecule has 0 bridgehead atoms. The molecule has 1 aromatic rings. The van der Waals surface area contributed by atoms with E-state index in [2.05, 4.69) is 31.6 Å². The van der Waals surface area contributed by atoms with Gasteiger partial charge in [0.05, 0.1) is 0 Å². The Hall–Kier alpha value is -4.16. The SMILES string of the molecule is CC[C@@H]1NC(=O)[C@H](CCCN=C(N)N)NC(=O)C(NC(=O)C(C)C)CCNC(=O)[C@@H](c2ccccc2)NC1=O. The van der Waals surface area contributed by atoms with E-state index < -0.39 is 47.8 Å². The topological polar surface area (TPSA) is 210 Å². The lowest BCUT2D eigenvalue weighted by atomic mass is 10.0. The minimum atomic E-state index is -1.03. The van der Waals surface area contributed by atoms with Crippen LogP contribution in [-0.4, -0.2) is 66.7 Å². The van der Waals surface area contributed by atoms with Crippen LogP contribution in [-0.2, 0) is 24.0 Å². The Balaban J connectivity index is 2.38. The van der Waals surface area contributed by atoms with Crippen LogP contribution in [0.1, 0.15) is 58.1 Å². The van der Waals surface area contributed by atoms with Crippen molar-refractivity contribution in [1.29, 1.82) is 0 Å². The summed E-state index contributed by atoms with van der Waals surface area (Å²) < 4.78 is 0. The van der Waals surface area contributed by atoms with Crippen molar-refractivity contribution in [2.75, 3.05) is 13.1 Å². The lowest BCUT2D eigenvalue weighted by Gasteiger charge is -2.28. The van der Waals surface area contributed by atoms with Crippen LogP contribution in [0, 0.1) is 5.92 Å². The monoisotopic (exact) mass is 544 g/mol. The highest BCUT2D eigenvalue weighted by Gasteiger charge is 2.32. The molecule has 1 saturated heterocycles. The quantitative estimate of drug-likeness (QED) is 0.122. The first-order valence-corrected chi connectivity index (χ1v) is 13.1. The van der Waals surface area contributed by atoms with E-state index in [1.165, 1.54) is 0 Å². The Morgan fingerprint density at radius 1 is 0.974 bits per heavy atom. The number of hydrogen-bond donors (Lipinski definition) is 7. The largest absolute Gasteiger partial charge is 0.370 e. The van der Waals surface area contributed by atoms with Gasteiger partial charge in [-0.1, -0.05) is 51.1 Å². The number of nitrogens with one attached hydrogen (secondary N) is 5. The summed E-state index contributed by atoms with van der Waals surface area (Å²) in [6.45, 7) is 5.37. The third kappa shape index (κ3) is 9.91. The standard InChI is InChI=1S/C26H40N8O5/c1-4-17-22(36)34-20(16-9-6-5-7-10-16)25(39)29-14-12-19(32-21(35)15(2)3)24(38)33-18(23(37)31-17)11-8-13-30-26(27)28/h5-7,9-10,15,17-20H,4,8,11-14H2,1-3H3,(H,29,39)(H,31,37)(H,32,35)(H,33,38)(H,34,36)(H4,27,28,30)/t17-,18-,19?,20+/m0/s1. The van der Waals surface area contributed by atoms with Gasteiger partial charge in [0.15, 0.2) is 5.96 Å². The zero-order chi connectivity index (χ0) is 28.9. The summed E-state index contributed by atoms with van der Waals surface area (Å²) in [5, 5.41) is 13.6. The molecule has 1 fully saturated rings. The molecule has 1 aliphatic heterocycles. The second-order valence-electron chi connectivity index (χ2n) is 9.63. The molecule has 1 heterocycles. The molecule has 2 rings (SSSR count). The van der Waals surface area contributed by atoms with E-state index in [0.717, 1.165) is 0 Å². The zero-order valence-electron chi connectivity index (χ0n) is 22.7. The maximum Gasteiger partial charge on any atom is 0.247 e. The molecule has 0 aromatic heterocycles. The summed E-state index contributed by atoms with van der Waals surface area (Å²) in [5.41, 5.74) is 11.3. The lowest BCUT2D eigenvalue weighted by Crippen LogP contribution is -2.58. The molecule has 4 atom stereocenters. The molecular weight excluding hydrogens is 504 g/mol. The first-order chi connectivity index (χ1) is 18.5. The number of rotatable bonds is 8. The molecule has 5 amide bonds. The second kappa shape index (κ2) is 15.3. The summed E-state index contributed by atoms with van der Waals surface area (Å²) in [4.78, 5) is 69.1. The van der Waals surface area contributed by atoms with Crippen molar-refractivity contribution >= 4 is 35.5 Å². The summed E-state index contributed by atoms with van der Waals surface area (Å²) in [6, 6.07) is 4.67. The number of nitrogens with zero attached hydrogens (tertiary/aromatic N) is 1. The summed E-state index contributed by atoms with van der Waals surface area (Å²) in [6.07, 6.45) is 0.850. The number of carbonyl (C=O) groups excluding carboxylic acids is 5. The van der Waals surface area contributed by atoms with Gasteiger partial charge in [0.25, 0.3) is 0 Å². The minimum absolute atomic E-state index is 0.0348. The Morgan fingerprint density at radius 3 is 2.23 bits per heavy atom. The molecule has 13 nitrogen and oxygen atoms in total. The second-order valence-corrected chi connectivity index (χ2v) is 9.63. The third-order valence-corrected chi connectivity index (χ3v) is 6.19. The molecule has 13 heteroatoms. The van der Waals surface area contributed by atoms with Crippen LogP contribution in [0.3, 0.4) is 0 Å². The van der Waals surface area contributed by atoms with Crippen molar-refractivity contribution in [2.45, 2.75) is 70.6 Å². The van der Waals surface area contributed by atoms with E-state index in [9.17, 15) is 24.0 Å². The van der Waals surface area contributed by atoms with Gasteiger partial charge in [-0.3, -0.25) is 29.0 Å². The van der Waals surface area contributed by atoms with Crippen LogP contribution in [0.15, 0.2) is 35.3 Å². The fraction of sp³-hybridized carbons (Fsp3) is 0.538. The van der Waals surface area contributed by atoms with Crippen molar-refractivity contribution in [3.63, 3.8) is 0 Å². The van der Waals surface area contributed by atoms with Gasteiger partial charge in [0.1, 0.15) is 24.2 Å². The van der Waals surface area contributed by atoms with E-state index in [1.54, 1.807) is 51.1 Å². The molecule has 0 radical (unpaired) electrons. The molecule has 9 N–H and O–H groups in total. The van der Waals surface area contributed by atoms with E-state index in [-0.39, 0.29) is 50.1 Å². The first kappa shape index (κ1) is 31.1. The number of amides is 5. The predicted octanol–water partition coefficient (Wildman–Crippen LogP) is -1.06. The summed E-state index contributed by atoms with van der Waals surface area (Å²) in [7, 11) is 0. The predicted molar refractivity (Wildman–Crippen MR) is 146 cm³/mol. The molecule has 0 spiro atoms. The molecule has 214 valence electrons. The zero-order valence-corrected chi connectivity index (χ0v) is 22.7. The number of aliphatic imine (C=N–C) groups is 1. The van der Waals surface area contributed by atoms with Crippen molar-refractivity contribution in [2.24, 2.45) is 22.4 Å². The average Bonchev–Trinajstić information content (AvgIpc) is 2.90. The Kier molecular flexibility index (Phi) is 12.2. The molecule has 1 aromatic carbocycles. The molecule has 39 heavy (non-hydrogen) atoms. The van der Waals surface area contributed by atoms with Crippen LogP contribution >= 0.6 is 0 Å². The molecule has 1 aliphatic rings. The van der Waals surface area contributed by atoms with Gasteiger partial charge in [-0.25, -0.2) is 0 Å². The van der Waals surface area contributed by atoms with Gasteiger partial charge >= 0.3 is 0 Å². The van der Waals surface area contributed by atoms with E-state index in [1.807, 2.05) is 0 Å². The number of benzene rings is 1. The highest BCUT2D eigenvalue weighted by molar-refractivity contribution is 5.96. The third-order valence-electron chi connectivity index (χ3n) is 6.19. The van der Waals surface area contributed by atoms with Crippen LogP contribution in [0.2, 0.25) is 0 Å². The normalized spacial score (nSPS) is 23.0. The average molecular weight is 545 g/mol. The maximum atomic E-state index is 13.3. The van der Waals surface area contributed by atoms with Gasteiger partial charge in [-0.15, -0.1) is 0 Å². The smallest absolute Gasteiger partial charge is 0.247 e. The van der Waals surface area contributed by atoms with Crippen molar-refractivity contribution in [1.82, 2.24) is 26.6 Å². The highest BCUT2D eigenvalue weighted by atomic mass is 16.2. The maximum absolute atomic E-state index is 13.3. The number of carbonyl (C=O) groups is 5. The summed E-state index contributed by atoms with van der Waals surface area (Å²) >= 11 is 0. The first-order valence-electron chi connectivity index (χ1n) is 13.1. The minimum Gasteiger partial charge on any atom is -0.370 e. The fourth-order valence-electron chi connectivity index (χ4n) is 3.91. The van der Waals surface area contributed by atoms with Crippen LogP contribution in [0.4, 0.5) is 0 Å². The summed E-state index contributed by atoms with van der Waals surface area (Å²) in [5.74, 6) is -3.03. The van der Waals surface area contributed by atoms with E-state index in [0.29, 0.717) is 12.0 Å². The highest BCUT2D eigenvalue weighted by Crippen LogP contribution is 2.14. The van der Waals surface area contributed by atoms with Crippen LogP contribution < -0.4 is 38.1 Å². The fourth-order valence-corrected chi connectivity index (χ4v) is 3.91. The Labute approximate surface area is 228 Å². The lowest BCUT2D eigenvalue weighted by molar-refractivity contribution is -0.135. The van der Waals surface area contributed by atoms with Crippen molar-refractivity contribution in [3.8, 4) is 0 Å². The van der Waals surface area contributed by atoms with E-state index in [4.69, 9.17) is 11.5 Å². The van der Waals surface area contributed by atoms with Gasteiger partial charge in [0, 0.05) is 19.0 Å². The van der Waals surface area contributed by atoms with Crippen molar-refractivity contribution in [3.05, 3.63) is 35.9 Å². The van der Waals surface area contributed by atoms with Crippen LogP contribution in [0.5, 0.6) is 0 Å². The van der Waals surface area contributed by atoms with Gasteiger partial charge in [-0.05, 0) is 31.2 Å². The van der Waals surface area contributed by atoms with Gasteiger partial charge < -0.3 is 38.1 Å². The molecule has 1 unspecified atom stereocenters. The molecular formula is C26H40N8O5. The van der Waals surface area contributed by atoms with Crippen molar-refractivity contribution < 1.29 is 24.0 Å². The molecule has 0 saturated carbocycles. The number of guanidine groups is 1. The Morgan fingerprint density at radius 2 is 1.62 bits per heavy atom.